The van der Waals surface area contributed by atoms with Gasteiger partial charge in [0.25, 0.3) is 0 Å². The number of carbonyl (C=O) groups excluding carboxylic acids is 1. The van der Waals surface area contributed by atoms with Crippen LogP contribution in [0.4, 0.5) is 13.2 Å². The third-order valence-electron chi connectivity index (χ3n) is 4.53. The molecule has 3 rings (SSSR count). The van der Waals surface area contributed by atoms with Crippen LogP contribution < -0.4 is 0 Å². The van der Waals surface area contributed by atoms with Crippen LogP contribution in [-0.2, 0) is 19.6 Å². The molecule has 2 aromatic heterocycles. The Kier molecular flexibility index (Phi) is 6.03. The van der Waals surface area contributed by atoms with Crippen molar-refractivity contribution in [3.63, 3.8) is 0 Å². The van der Waals surface area contributed by atoms with Crippen LogP contribution in [0.3, 0.4) is 0 Å². The highest BCUT2D eigenvalue weighted by atomic mass is 19.4. The molecule has 1 aromatic carbocycles. The van der Waals surface area contributed by atoms with E-state index in [1.54, 1.807) is 18.1 Å². The Bertz CT molecular complexity index is 1040. The molecule has 0 bridgehead atoms. The summed E-state index contributed by atoms with van der Waals surface area (Å²) in [5.41, 5.74) is 1.40. The van der Waals surface area contributed by atoms with Crippen molar-refractivity contribution in [2.45, 2.75) is 32.2 Å². The third-order valence-corrected chi connectivity index (χ3v) is 4.53. The van der Waals surface area contributed by atoms with Gasteiger partial charge in [-0.15, -0.1) is 0 Å². The summed E-state index contributed by atoms with van der Waals surface area (Å²) >= 11 is 0. The van der Waals surface area contributed by atoms with Crippen molar-refractivity contribution in [2.24, 2.45) is 0 Å². The fraction of sp³-hybridized carbons (Fsp3) is 0.350. The molecule has 0 unspecified atom stereocenters. The number of imidazole rings is 1. The molecule has 0 N–H and O–H groups in total. The van der Waals surface area contributed by atoms with Crippen LogP contribution in [0.5, 0.6) is 0 Å². The Morgan fingerprint density at radius 1 is 1.28 bits per heavy atom. The molecule has 2 heterocycles. The Hall–Kier alpha value is -3.12. The maximum atomic E-state index is 12.9. The summed E-state index contributed by atoms with van der Waals surface area (Å²) in [5.74, 6) is 0.0995. The molecule has 152 valence electrons. The smallest absolute Gasteiger partial charge is 0.346 e. The summed E-state index contributed by atoms with van der Waals surface area (Å²) in [6, 6.07) is 9.54. The minimum atomic E-state index is -4.34. The summed E-state index contributed by atoms with van der Waals surface area (Å²) in [7, 11) is 1.67. The van der Waals surface area contributed by atoms with Crippen molar-refractivity contribution in [3.05, 3.63) is 54.2 Å². The Morgan fingerprint density at radius 3 is 2.76 bits per heavy atom. The number of carbonyl (C=O) groups is 1. The number of alkyl halides is 3. The molecule has 0 saturated heterocycles. The van der Waals surface area contributed by atoms with Crippen LogP contribution in [0.2, 0.25) is 0 Å². The van der Waals surface area contributed by atoms with Crippen LogP contribution in [0.25, 0.3) is 10.9 Å². The molecule has 0 amide bonds. The number of hydrogen-bond acceptors (Lipinski definition) is 4. The van der Waals surface area contributed by atoms with Gasteiger partial charge in [0.1, 0.15) is 12.4 Å². The van der Waals surface area contributed by atoms with E-state index in [4.69, 9.17) is 5.26 Å². The molecular weight excluding hydrogens is 383 g/mol. The van der Waals surface area contributed by atoms with E-state index in [1.165, 1.54) is 12.4 Å². The largest absolute Gasteiger partial charge is 0.406 e. The standard InChI is InChI=1S/C20H20F3N5O/c1-26(13-19-25-8-10-28(19)14-20(21,22)23)12-18(29)16-11-27(9-4-7-24)17-6-3-2-5-15(16)17/h2-3,5-6,8,10-11H,4,9,12-14H2,1H3. The second-order valence-electron chi connectivity index (χ2n) is 6.84. The number of benzene rings is 1. The molecule has 0 saturated carbocycles. The number of nitriles is 1. The molecule has 0 aliphatic heterocycles. The number of hydrogen-bond donors (Lipinski definition) is 0. The Morgan fingerprint density at radius 2 is 2.03 bits per heavy atom. The van der Waals surface area contributed by atoms with Gasteiger partial charge in [0.15, 0.2) is 5.78 Å². The topological polar surface area (TPSA) is 66.8 Å². The van der Waals surface area contributed by atoms with Gasteiger partial charge in [-0.05, 0) is 13.1 Å². The summed E-state index contributed by atoms with van der Waals surface area (Å²) in [6.45, 7) is -0.488. The van der Waals surface area contributed by atoms with Gasteiger partial charge in [0.2, 0.25) is 0 Å². The van der Waals surface area contributed by atoms with Crippen molar-refractivity contribution < 1.29 is 18.0 Å². The highest BCUT2D eigenvalue weighted by Gasteiger charge is 2.29. The Labute approximate surface area is 165 Å². The van der Waals surface area contributed by atoms with E-state index in [1.807, 2.05) is 28.8 Å². The molecule has 9 heteroatoms. The van der Waals surface area contributed by atoms with Crippen LogP contribution in [-0.4, -0.2) is 44.6 Å². The quantitative estimate of drug-likeness (QED) is 0.539. The van der Waals surface area contributed by atoms with Gasteiger partial charge in [0.05, 0.1) is 25.6 Å². The first-order valence-corrected chi connectivity index (χ1v) is 9.02. The summed E-state index contributed by atoms with van der Waals surface area (Å²) < 4.78 is 40.9. The number of likely N-dealkylation sites (N-methyl/N-ethyl adjacent to an activating group) is 1. The normalized spacial score (nSPS) is 11.9. The number of para-hydroxylation sites is 1. The van der Waals surface area contributed by atoms with E-state index >= 15 is 0 Å². The van der Waals surface area contributed by atoms with Gasteiger partial charge in [-0.3, -0.25) is 9.69 Å². The number of ketones is 1. The lowest BCUT2D eigenvalue weighted by atomic mass is 10.1. The van der Waals surface area contributed by atoms with E-state index in [-0.39, 0.29) is 24.7 Å². The zero-order valence-corrected chi connectivity index (χ0v) is 15.9. The minimum absolute atomic E-state index is 0.0329. The molecule has 3 aromatic rings. The minimum Gasteiger partial charge on any atom is -0.346 e. The molecule has 0 atom stereocenters. The van der Waals surface area contributed by atoms with E-state index in [9.17, 15) is 18.0 Å². The molecule has 0 spiro atoms. The highest BCUT2D eigenvalue weighted by molar-refractivity contribution is 6.09. The van der Waals surface area contributed by atoms with Gasteiger partial charge < -0.3 is 9.13 Å². The highest BCUT2D eigenvalue weighted by Crippen LogP contribution is 2.23. The molecular formula is C20H20F3N5O. The van der Waals surface area contributed by atoms with Crippen LogP contribution in [0, 0.1) is 11.3 Å². The number of aromatic nitrogens is 3. The van der Waals surface area contributed by atoms with Crippen molar-refractivity contribution in [2.75, 3.05) is 13.6 Å². The molecule has 29 heavy (non-hydrogen) atoms. The molecule has 0 aliphatic rings. The molecule has 0 fully saturated rings. The molecule has 0 aliphatic carbocycles. The van der Waals surface area contributed by atoms with Crippen molar-refractivity contribution in [1.29, 1.82) is 5.26 Å². The van der Waals surface area contributed by atoms with Gasteiger partial charge in [0, 0.05) is 41.6 Å². The predicted octanol–water partition coefficient (Wildman–Crippen LogP) is 3.63. The monoisotopic (exact) mass is 403 g/mol. The van der Waals surface area contributed by atoms with Crippen molar-refractivity contribution in [3.8, 4) is 6.07 Å². The average Bonchev–Trinajstić information content (AvgIpc) is 3.23. The molecule has 6 nitrogen and oxygen atoms in total. The molecule has 0 radical (unpaired) electrons. The SMILES string of the molecule is CN(CC(=O)c1cn(CCC#N)c2ccccc12)Cc1nccn1CC(F)(F)F. The number of aryl methyl sites for hydroxylation is 1. The summed E-state index contributed by atoms with van der Waals surface area (Å²) in [6.07, 6.45) is 0.326. The zero-order chi connectivity index (χ0) is 21.0. The summed E-state index contributed by atoms with van der Waals surface area (Å²) in [5, 5.41) is 9.63. The van der Waals surface area contributed by atoms with Gasteiger partial charge in [-0.1, -0.05) is 18.2 Å². The lowest BCUT2D eigenvalue weighted by Crippen LogP contribution is -2.28. The maximum absolute atomic E-state index is 12.9. The van der Waals surface area contributed by atoms with Gasteiger partial charge >= 0.3 is 6.18 Å². The third kappa shape index (κ3) is 5.03. The first-order chi connectivity index (χ1) is 13.8. The first kappa shape index (κ1) is 20.6. The predicted molar refractivity (Wildman–Crippen MR) is 101 cm³/mol. The summed E-state index contributed by atoms with van der Waals surface area (Å²) in [4.78, 5) is 18.5. The number of halogens is 3. The second-order valence-corrected chi connectivity index (χ2v) is 6.84. The number of fused-ring (bicyclic) bond motifs is 1. The average molecular weight is 403 g/mol. The lowest BCUT2D eigenvalue weighted by Gasteiger charge is -2.17. The van der Waals surface area contributed by atoms with Crippen LogP contribution >= 0.6 is 0 Å². The van der Waals surface area contributed by atoms with Crippen molar-refractivity contribution in [1.82, 2.24) is 19.0 Å². The fourth-order valence-corrected chi connectivity index (χ4v) is 3.28. The number of rotatable bonds is 8. The van der Waals surface area contributed by atoms with E-state index < -0.39 is 12.7 Å². The van der Waals surface area contributed by atoms with Crippen LogP contribution in [0.1, 0.15) is 22.6 Å². The maximum Gasteiger partial charge on any atom is 0.406 e. The first-order valence-electron chi connectivity index (χ1n) is 9.02. The van der Waals surface area contributed by atoms with E-state index in [0.29, 0.717) is 18.5 Å². The van der Waals surface area contributed by atoms with Gasteiger partial charge in [-0.2, -0.15) is 18.4 Å². The number of Topliss-reactive ketones (excluding diaryl/α,β-unsaturated/α-hetero) is 1. The van der Waals surface area contributed by atoms with Crippen molar-refractivity contribution >= 4 is 16.7 Å². The fourth-order valence-electron chi connectivity index (χ4n) is 3.28. The second kappa shape index (κ2) is 8.49. The van der Waals surface area contributed by atoms with E-state index in [2.05, 4.69) is 11.1 Å². The zero-order valence-electron chi connectivity index (χ0n) is 15.9. The van der Waals surface area contributed by atoms with Gasteiger partial charge in [-0.25, -0.2) is 4.98 Å². The Balaban J connectivity index is 1.74. The lowest BCUT2D eigenvalue weighted by molar-refractivity contribution is -0.141. The van der Waals surface area contributed by atoms with Crippen LogP contribution in [0.15, 0.2) is 42.9 Å². The number of nitrogens with zero attached hydrogens (tertiary/aromatic N) is 5. The van der Waals surface area contributed by atoms with E-state index in [0.717, 1.165) is 15.5 Å².